The van der Waals surface area contributed by atoms with E-state index in [1.807, 2.05) is 6.08 Å². The Balaban J connectivity index is 4.49. The molecule has 14 heavy (non-hydrogen) atoms. The normalized spacial score (nSPS) is 14.0. The van der Waals surface area contributed by atoms with E-state index in [-0.39, 0.29) is 0 Å². The molecule has 0 atom stereocenters. The van der Waals surface area contributed by atoms with Gasteiger partial charge in [-0.15, -0.1) is 0 Å². The molecule has 0 spiro atoms. The molecule has 0 aliphatic carbocycles. The lowest BCUT2D eigenvalue weighted by molar-refractivity contribution is 0.419. The zero-order chi connectivity index (χ0) is 11.2. The summed E-state index contributed by atoms with van der Waals surface area (Å²) in [4.78, 5) is 3.73. The van der Waals surface area contributed by atoms with Gasteiger partial charge in [-0.05, 0) is 36.1 Å². The molecule has 0 heterocycles. The van der Waals surface area contributed by atoms with Gasteiger partial charge in [-0.2, -0.15) is 0 Å². The van der Waals surface area contributed by atoms with Gasteiger partial charge in [0.2, 0.25) is 0 Å². The lowest BCUT2D eigenvalue weighted by Crippen LogP contribution is -2.03. The Morgan fingerprint density at radius 3 is 2.29 bits per heavy atom. The van der Waals surface area contributed by atoms with Gasteiger partial charge in [-0.1, -0.05) is 40.7 Å². The van der Waals surface area contributed by atoms with E-state index in [2.05, 4.69) is 52.4 Å². The van der Waals surface area contributed by atoms with Crippen LogP contribution in [0.4, 0.5) is 0 Å². The van der Waals surface area contributed by atoms with E-state index >= 15 is 0 Å². The molecule has 0 saturated heterocycles. The second kappa shape index (κ2) is 5.79. The van der Waals surface area contributed by atoms with Crippen LogP contribution in [-0.4, -0.2) is 6.72 Å². The summed E-state index contributed by atoms with van der Waals surface area (Å²) in [5.41, 5.74) is 1.70. The van der Waals surface area contributed by atoms with Gasteiger partial charge in [0.1, 0.15) is 0 Å². The highest BCUT2D eigenvalue weighted by atomic mass is 14.6. The molecule has 0 amide bonds. The molecular weight excluding hydrogens is 170 g/mol. The Morgan fingerprint density at radius 2 is 1.93 bits per heavy atom. The molecule has 1 nitrogen and oxygen atoms in total. The molecule has 0 radical (unpaired) electrons. The van der Waals surface area contributed by atoms with E-state index in [1.54, 1.807) is 6.20 Å². The largest absolute Gasteiger partial charge is 0.273 e. The minimum absolute atomic E-state index is 0.357. The fraction of sp³-hybridized carbons (Fsp3) is 0.615. The number of nitrogens with zero attached hydrogens (tertiary/aromatic N) is 1. The number of hydrogen-bond donors (Lipinski definition) is 0. The third-order valence-corrected chi connectivity index (χ3v) is 1.99. The van der Waals surface area contributed by atoms with Crippen LogP contribution in [0.25, 0.3) is 0 Å². The molecule has 1 heteroatoms. The molecule has 0 aliphatic heterocycles. The van der Waals surface area contributed by atoms with Crippen molar-refractivity contribution in [3.8, 4) is 0 Å². The average Bonchev–Trinajstić information content (AvgIpc) is 2.01. The Bertz CT molecular complexity index is 226. The lowest BCUT2D eigenvalue weighted by Gasteiger charge is -2.16. The van der Waals surface area contributed by atoms with Crippen molar-refractivity contribution in [2.24, 2.45) is 16.3 Å². The van der Waals surface area contributed by atoms with Crippen molar-refractivity contribution >= 4 is 6.72 Å². The van der Waals surface area contributed by atoms with Crippen molar-refractivity contribution in [1.29, 1.82) is 0 Å². The van der Waals surface area contributed by atoms with E-state index in [4.69, 9.17) is 0 Å². The van der Waals surface area contributed by atoms with Crippen LogP contribution in [0.5, 0.6) is 0 Å². The minimum Gasteiger partial charge on any atom is -0.273 e. The maximum absolute atomic E-state index is 3.73. The first-order valence-corrected chi connectivity index (χ1v) is 5.19. The monoisotopic (exact) mass is 193 g/mol. The fourth-order valence-electron chi connectivity index (χ4n) is 1.06. The van der Waals surface area contributed by atoms with Crippen molar-refractivity contribution in [2.75, 3.05) is 0 Å². The number of allylic oxidation sites excluding steroid dienone is 3. The Kier molecular flexibility index (Phi) is 5.44. The van der Waals surface area contributed by atoms with Crippen LogP contribution in [0.3, 0.4) is 0 Å². The summed E-state index contributed by atoms with van der Waals surface area (Å²) in [7, 11) is 0. The summed E-state index contributed by atoms with van der Waals surface area (Å²) in [6.07, 6.45) is 7.20. The molecule has 0 aromatic carbocycles. The summed E-state index contributed by atoms with van der Waals surface area (Å²) >= 11 is 0. The smallest absolute Gasteiger partial charge is 0.0263 e. The van der Waals surface area contributed by atoms with Crippen LogP contribution < -0.4 is 0 Å². The first-order valence-electron chi connectivity index (χ1n) is 5.19. The summed E-state index contributed by atoms with van der Waals surface area (Å²) in [6, 6.07) is 0. The molecule has 0 aromatic heterocycles. The predicted molar refractivity (Wildman–Crippen MR) is 65.7 cm³/mol. The summed E-state index contributed by atoms with van der Waals surface area (Å²) < 4.78 is 0. The summed E-state index contributed by atoms with van der Waals surface area (Å²) in [5, 5.41) is 0. The van der Waals surface area contributed by atoms with E-state index in [0.29, 0.717) is 11.3 Å². The summed E-state index contributed by atoms with van der Waals surface area (Å²) in [6.45, 7) is 14.6. The average molecular weight is 193 g/mol. The van der Waals surface area contributed by atoms with E-state index in [0.717, 1.165) is 6.42 Å². The van der Waals surface area contributed by atoms with Crippen LogP contribution in [0.1, 0.15) is 41.0 Å². The molecule has 0 saturated carbocycles. The van der Waals surface area contributed by atoms with Gasteiger partial charge in [0.15, 0.2) is 0 Å². The van der Waals surface area contributed by atoms with Crippen molar-refractivity contribution in [3.63, 3.8) is 0 Å². The Morgan fingerprint density at radius 1 is 1.36 bits per heavy atom. The van der Waals surface area contributed by atoms with Gasteiger partial charge < -0.3 is 0 Å². The van der Waals surface area contributed by atoms with Crippen LogP contribution in [0.15, 0.2) is 28.9 Å². The molecular formula is C13H23N. The van der Waals surface area contributed by atoms with Gasteiger partial charge in [-0.25, -0.2) is 0 Å². The van der Waals surface area contributed by atoms with E-state index in [9.17, 15) is 0 Å². The standard InChI is InChI=1S/C13H23N/c1-11(2)12(8-10-14-6)7-9-13(3,4)5/h7-8,10-11H,6,9H2,1-5H3. The van der Waals surface area contributed by atoms with Crippen LogP contribution in [-0.2, 0) is 0 Å². The zero-order valence-electron chi connectivity index (χ0n) is 10.2. The fourth-order valence-corrected chi connectivity index (χ4v) is 1.06. The maximum atomic E-state index is 3.73. The van der Waals surface area contributed by atoms with Crippen molar-refractivity contribution in [3.05, 3.63) is 23.9 Å². The third kappa shape index (κ3) is 6.64. The van der Waals surface area contributed by atoms with Gasteiger partial charge in [-0.3, -0.25) is 4.99 Å². The van der Waals surface area contributed by atoms with Crippen LogP contribution >= 0.6 is 0 Å². The molecule has 0 bridgehead atoms. The Labute approximate surface area is 88.6 Å². The van der Waals surface area contributed by atoms with E-state index < -0.39 is 0 Å². The van der Waals surface area contributed by atoms with Gasteiger partial charge in [0, 0.05) is 6.20 Å². The van der Waals surface area contributed by atoms with Gasteiger partial charge in [0.05, 0.1) is 0 Å². The van der Waals surface area contributed by atoms with Crippen molar-refractivity contribution < 1.29 is 0 Å². The number of hydrogen-bond acceptors (Lipinski definition) is 1. The molecule has 0 fully saturated rings. The molecule has 0 aliphatic rings. The highest BCUT2D eigenvalue weighted by Gasteiger charge is 2.08. The second-order valence-electron chi connectivity index (χ2n) is 5.12. The predicted octanol–water partition coefficient (Wildman–Crippen LogP) is 4.22. The highest BCUT2D eigenvalue weighted by molar-refractivity contribution is 5.28. The first-order chi connectivity index (χ1) is 6.37. The number of aliphatic imine (C=N–C) groups is 1. The van der Waals surface area contributed by atoms with Crippen LogP contribution in [0.2, 0.25) is 0 Å². The van der Waals surface area contributed by atoms with Gasteiger partial charge >= 0.3 is 0 Å². The SMILES string of the molecule is C=NC=CC(=CCC(C)(C)C)C(C)C. The molecule has 0 aromatic rings. The van der Waals surface area contributed by atoms with Crippen molar-refractivity contribution in [1.82, 2.24) is 0 Å². The molecule has 80 valence electrons. The molecule has 0 unspecified atom stereocenters. The first kappa shape index (κ1) is 13.2. The number of rotatable bonds is 4. The highest BCUT2D eigenvalue weighted by Crippen LogP contribution is 2.22. The third-order valence-electron chi connectivity index (χ3n) is 1.99. The van der Waals surface area contributed by atoms with Gasteiger partial charge in [0.25, 0.3) is 0 Å². The summed E-state index contributed by atoms with van der Waals surface area (Å²) in [5.74, 6) is 0.551. The minimum atomic E-state index is 0.357. The van der Waals surface area contributed by atoms with E-state index in [1.165, 1.54) is 5.57 Å². The molecule has 0 rings (SSSR count). The van der Waals surface area contributed by atoms with Crippen molar-refractivity contribution in [2.45, 2.75) is 41.0 Å². The quantitative estimate of drug-likeness (QED) is 0.468. The topological polar surface area (TPSA) is 12.4 Å². The maximum Gasteiger partial charge on any atom is 0.0263 e. The molecule has 0 N–H and O–H groups in total. The Hall–Kier alpha value is -0.850. The lowest BCUT2D eigenvalue weighted by atomic mass is 9.89. The second-order valence-corrected chi connectivity index (χ2v) is 5.12. The zero-order valence-corrected chi connectivity index (χ0v) is 10.2. The van der Waals surface area contributed by atoms with Crippen LogP contribution in [0, 0.1) is 11.3 Å².